The van der Waals surface area contributed by atoms with Gasteiger partial charge < -0.3 is 20.5 Å². The Balaban J connectivity index is 1.54. The van der Waals surface area contributed by atoms with Crippen molar-refractivity contribution in [3.05, 3.63) is 119 Å². The summed E-state index contributed by atoms with van der Waals surface area (Å²) < 4.78 is 43.5. The topological polar surface area (TPSA) is 100.0 Å². The van der Waals surface area contributed by atoms with Crippen molar-refractivity contribution >= 4 is 28.8 Å². The van der Waals surface area contributed by atoms with E-state index in [0.717, 1.165) is 17.2 Å². The van der Waals surface area contributed by atoms with E-state index in [1.54, 1.807) is 35.6 Å². The molecule has 234 valence electrons. The van der Waals surface area contributed by atoms with E-state index < -0.39 is 17.7 Å². The van der Waals surface area contributed by atoms with Crippen LogP contribution in [0.5, 0.6) is 0 Å². The summed E-state index contributed by atoms with van der Waals surface area (Å²) in [6.07, 6.45) is -1.29. The van der Waals surface area contributed by atoms with Crippen LogP contribution in [0.4, 0.5) is 18.9 Å². The van der Waals surface area contributed by atoms with Gasteiger partial charge in [0.1, 0.15) is 5.78 Å². The van der Waals surface area contributed by atoms with E-state index in [-0.39, 0.29) is 42.5 Å². The normalized spacial score (nSPS) is 12.0. The quantitative estimate of drug-likeness (QED) is 0.171. The van der Waals surface area contributed by atoms with E-state index in [1.165, 1.54) is 12.1 Å². The molecule has 0 spiro atoms. The van der Waals surface area contributed by atoms with Crippen molar-refractivity contribution < 1.29 is 18.0 Å². The van der Waals surface area contributed by atoms with Crippen molar-refractivity contribution in [1.29, 1.82) is 5.26 Å². The van der Waals surface area contributed by atoms with Gasteiger partial charge in [-0.2, -0.15) is 18.4 Å². The summed E-state index contributed by atoms with van der Waals surface area (Å²) in [5.41, 5.74) is 9.33. The Morgan fingerprint density at radius 3 is 2.40 bits per heavy atom. The zero-order chi connectivity index (χ0) is 32.6. The van der Waals surface area contributed by atoms with E-state index in [1.807, 2.05) is 41.0 Å². The van der Waals surface area contributed by atoms with Gasteiger partial charge in [0.25, 0.3) is 0 Å². The third-order valence-electron chi connectivity index (χ3n) is 7.57. The Morgan fingerprint density at radius 2 is 1.78 bits per heavy atom. The van der Waals surface area contributed by atoms with Crippen LogP contribution in [0.1, 0.15) is 53.3 Å². The Morgan fingerprint density at radius 1 is 1.09 bits per heavy atom. The van der Waals surface area contributed by atoms with Gasteiger partial charge in [-0.05, 0) is 65.2 Å². The van der Waals surface area contributed by atoms with E-state index in [4.69, 9.17) is 23.2 Å². The summed E-state index contributed by atoms with van der Waals surface area (Å²) in [6.45, 7) is 4.43. The van der Waals surface area contributed by atoms with Crippen molar-refractivity contribution in [3.8, 4) is 6.07 Å². The minimum absolute atomic E-state index is 0.0151. The zero-order valence-electron chi connectivity index (χ0n) is 25.1. The molecule has 0 radical (unpaired) electrons. The number of alkyl halides is 3. The lowest BCUT2D eigenvalue weighted by molar-refractivity contribution is -0.138. The minimum atomic E-state index is -4.56. The fraction of sp³-hybridized carbons (Fsp3) is 0.294. The molecule has 1 heterocycles. The SMILES string of the molecule is CC(C)c1ccc(NC(=S)N(Cc2ccccc2C(F)(F)F)C[C@H](CN)C(=O)Cc2cncn2Cc2ccc(C#N)cc2)cc1. The summed E-state index contributed by atoms with van der Waals surface area (Å²) >= 11 is 5.71. The van der Waals surface area contributed by atoms with Gasteiger partial charge in [0, 0.05) is 56.1 Å². The van der Waals surface area contributed by atoms with Crippen LogP contribution >= 0.6 is 12.2 Å². The van der Waals surface area contributed by atoms with E-state index in [2.05, 4.69) is 30.2 Å². The fourth-order valence-electron chi connectivity index (χ4n) is 4.93. The number of nitrogens with one attached hydrogen (secondary N) is 1. The maximum atomic E-state index is 13.9. The molecule has 3 N–H and O–H groups in total. The number of nitriles is 1. The number of carbonyl (C=O) groups is 1. The van der Waals surface area contributed by atoms with Crippen molar-refractivity contribution in [2.75, 3.05) is 18.4 Å². The van der Waals surface area contributed by atoms with Gasteiger partial charge in [0.2, 0.25) is 0 Å². The molecular formula is C34H35F3N6OS. The molecule has 4 rings (SSSR count). The summed E-state index contributed by atoms with van der Waals surface area (Å²) in [6, 6.07) is 22.2. The Hall–Kier alpha value is -4.53. The van der Waals surface area contributed by atoms with Crippen LogP contribution in [0.3, 0.4) is 0 Å². The highest BCUT2D eigenvalue weighted by atomic mass is 32.1. The van der Waals surface area contributed by atoms with Gasteiger partial charge in [0.15, 0.2) is 5.11 Å². The second-order valence-corrected chi connectivity index (χ2v) is 11.5. The van der Waals surface area contributed by atoms with Crippen LogP contribution in [0.2, 0.25) is 0 Å². The summed E-state index contributed by atoms with van der Waals surface area (Å²) in [5, 5.41) is 12.4. The second-order valence-electron chi connectivity index (χ2n) is 11.1. The molecule has 0 bridgehead atoms. The lowest BCUT2D eigenvalue weighted by atomic mass is 9.99. The second kappa shape index (κ2) is 15.0. The highest BCUT2D eigenvalue weighted by molar-refractivity contribution is 7.80. The summed E-state index contributed by atoms with van der Waals surface area (Å²) in [5.74, 6) is -0.570. The van der Waals surface area contributed by atoms with Gasteiger partial charge >= 0.3 is 6.18 Å². The minimum Gasteiger partial charge on any atom is -0.344 e. The molecule has 7 nitrogen and oxygen atoms in total. The van der Waals surface area contributed by atoms with Crippen LogP contribution in [0.15, 0.2) is 85.3 Å². The maximum Gasteiger partial charge on any atom is 0.416 e. The highest BCUT2D eigenvalue weighted by Crippen LogP contribution is 2.32. The molecule has 0 aliphatic rings. The van der Waals surface area contributed by atoms with Crippen LogP contribution in [0, 0.1) is 17.2 Å². The number of imidazole rings is 1. The number of ketones is 1. The number of nitrogens with two attached hydrogens (primary N) is 1. The predicted octanol–water partition coefficient (Wildman–Crippen LogP) is 6.53. The predicted molar refractivity (Wildman–Crippen MR) is 172 cm³/mol. The molecule has 1 atom stereocenters. The number of thiocarbonyl (C=S) groups is 1. The molecule has 3 aromatic carbocycles. The first-order chi connectivity index (χ1) is 21.5. The Bertz CT molecular complexity index is 1640. The third kappa shape index (κ3) is 9.00. The van der Waals surface area contributed by atoms with E-state index >= 15 is 0 Å². The molecule has 0 saturated carbocycles. The summed E-state index contributed by atoms with van der Waals surface area (Å²) in [7, 11) is 0. The molecule has 0 amide bonds. The van der Waals surface area contributed by atoms with Gasteiger partial charge in [-0.25, -0.2) is 4.98 Å². The Labute approximate surface area is 266 Å². The van der Waals surface area contributed by atoms with Gasteiger partial charge in [0.05, 0.1) is 23.5 Å². The lowest BCUT2D eigenvalue weighted by Crippen LogP contribution is -2.43. The van der Waals surface area contributed by atoms with Gasteiger partial charge in [-0.3, -0.25) is 4.79 Å². The smallest absolute Gasteiger partial charge is 0.344 e. The Kier molecular flexibility index (Phi) is 11.1. The number of hydrogen-bond acceptors (Lipinski definition) is 5. The van der Waals surface area contributed by atoms with Crippen molar-refractivity contribution in [2.45, 2.75) is 45.5 Å². The van der Waals surface area contributed by atoms with Crippen LogP contribution in [-0.2, 0) is 30.5 Å². The third-order valence-corrected chi connectivity index (χ3v) is 7.93. The zero-order valence-corrected chi connectivity index (χ0v) is 25.9. The number of aromatic nitrogens is 2. The molecule has 0 unspecified atom stereocenters. The number of rotatable bonds is 12. The largest absolute Gasteiger partial charge is 0.416 e. The first-order valence-electron chi connectivity index (χ1n) is 14.5. The fourth-order valence-corrected chi connectivity index (χ4v) is 5.19. The average molecular weight is 633 g/mol. The van der Waals surface area contributed by atoms with Gasteiger partial charge in [-0.1, -0.05) is 56.3 Å². The number of nitrogens with zero attached hydrogens (tertiary/aromatic N) is 4. The maximum absolute atomic E-state index is 13.9. The van der Waals surface area contributed by atoms with E-state index in [0.29, 0.717) is 29.4 Å². The molecule has 1 aromatic heterocycles. The number of halogens is 3. The van der Waals surface area contributed by atoms with Crippen molar-refractivity contribution in [2.24, 2.45) is 11.7 Å². The van der Waals surface area contributed by atoms with Crippen LogP contribution in [-0.4, -0.2) is 38.4 Å². The van der Waals surface area contributed by atoms with Crippen LogP contribution in [0.25, 0.3) is 0 Å². The van der Waals surface area contributed by atoms with E-state index in [9.17, 15) is 18.0 Å². The van der Waals surface area contributed by atoms with Crippen molar-refractivity contribution in [1.82, 2.24) is 14.5 Å². The van der Waals surface area contributed by atoms with Gasteiger partial charge in [-0.15, -0.1) is 0 Å². The molecule has 0 aliphatic heterocycles. The molecule has 45 heavy (non-hydrogen) atoms. The monoisotopic (exact) mass is 632 g/mol. The average Bonchev–Trinajstić information content (AvgIpc) is 3.45. The molecular weight excluding hydrogens is 597 g/mol. The summed E-state index contributed by atoms with van der Waals surface area (Å²) in [4.78, 5) is 19.4. The standard InChI is InChI=1S/C34H35F3N6OS/c1-23(2)26-11-13-29(14-12-26)41-33(45)42(20-27-5-3-4-6-31(27)34(35,36)37)21-28(17-39)32(44)15-30-18-40-22-43(30)19-25-9-7-24(16-38)8-10-25/h3-14,18,22-23,28H,15,17,19-21,39H2,1-2H3,(H,41,45)/t28-/m0/s1. The lowest BCUT2D eigenvalue weighted by Gasteiger charge is -2.30. The molecule has 0 saturated heterocycles. The van der Waals surface area contributed by atoms with Crippen molar-refractivity contribution in [3.63, 3.8) is 0 Å². The molecule has 0 aliphatic carbocycles. The highest BCUT2D eigenvalue weighted by Gasteiger charge is 2.34. The number of Topliss-reactive ketones (excluding diaryl/α,β-unsaturated/α-hetero) is 1. The number of hydrogen-bond donors (Lipinski definition) is 2. The number of anilines is 1. The molecule has 0 fully saturated rings. The molecule has 11 heteroatoms. The van der Waals surface area contributed by atoms with Crippen LogP contribution < -0.4 is 11.1 Å². The number of carbonyl (C=O) groups excluding carboxylic acids is 1. The molecule has 4 aromatic rings. The first kappa shape index (κ1) is 33.4. The first-order valence-corrected chi connectivity index (χ1v) is 14.9. The number of benzene rings is 3.